The molecular formula is C9H14O4. The van der Waals surface area contributed by atoms with E-state index in [9.17, 15) is 9.59 Å². The van der Waals surface area contributed by atoms with Crippen LogP contribution in [0.2, 0.25) is 0 Å². The van der Waals surface area contributed by atoms with Crippen LogP contribution in [-0.4, -0.2) is 24.1 Å². The van der Waals surface area contributed by atoms with E-state index < -0.39 is 24.1 Å². The van der Waals surface area contributed by atoms with Crippen molar-refractivity contribution in [2.45, 2.75) is 33.0 Å². The van der Waals surface area contributed by atoms with E-state index in [1.807, 2.05) is 0 Å². The summed E-state index contributed by atoms with van der Waals surface area (Å²) in [7, 11) is 0. The molecule has 0 bridgehead atoms. The maximum atomic E-state index is 10.6. The molecule has 0 amide bonds. The highest BCUT2D eigenvalue weighted by molar-refractivity contribution is 5.67. The van der Waals surface area contributed by atoms with Crippen molar-refractivity contribution in [1.29, 1.82) is 0 Å². The highest BCUT2D eigenvalue weighted by atomic mass is 16.6. The highest BCUT2D eigenvalue weighted by Crippen LogP contribution is 2.05. The van der Waals surface area contributed by atoms with Crippen LogP contribution in [0.3, 0.4) is 0 Å². The molecule has 0 spiro atoms. The van der Waals surface area contributed by atoms with E-state index in [1.165, 1.54) is 19.9 Å². The minimum atomic E-state index is -0.582. The van der Waals surface area contributed by atoms with Crippen molar-refractivity contribution < 1.29 is 19.1 Å². The molecule has 0 saturated carbocycles. The summed E-state index contributed by atoms with van der Waals surface area (Å²) in [6, 6.07) is 0. The Kier molecular flexibility index (Phi) is 4.80. The molecule has 0 rings (SSSR count). The number of hydrogen-bond donors (Lipinski definition) is 0. The van der Waals surface area contributed by atoms with Gasteiger partial charge in [0.05, 0.1) is 0 Å². The van der Waals surface area contributed by atoms with Crippen molar-refractivity contribution in [2.75, 3.05) is 0 Å². The first kappa shape index (κ1) is 11.7. The Morgan fingerprint density at radius 2 is 1.69 bits per heavy atom. The molecule has 0 radical (unpaired) electrons. The molecule has 0 fully saturated rings. The Morgan fingerprint density at radius 1 is 1.23 bits per heavy atom. The Balaban J connectivity index is 4.14. The van der Waals surface area contributed by atoms with Gasteiger partial charge in [-0.3, -0.25) is 9.59 Å². The SMILES string of the molecule is C=C[C@@H](OC(C)=O)[C@H](C)OC(C)=O. The smallest absolute Gasteiger partial charge is 0.303 e. The van der Waals surface area contributed by atoms with E-state index in [0.717, 1.165) is 0 Å². The quantitative estimate of drug-likeness (QED) is 0.486. The van der Waals surface area contributed by atoms with Gasteiger partial charge in [0.15, 0.2) is 6.10 Å². The first-order valence-electron chi connectivity index (χ1n) is 3.94. The van der Waals surface area contributed by atoms with Crippen molar-refractivity contribution in [2.24, 2.45) is 0 Å². The van der Waals surface area contributed by atoms with Crippen LogP contribution < -0.4 is 0 Å². The topological polar surface area (TPSA) is 52.6 Å². The van der Waals surface area contributed by atoms with Crippen LogP contribution in [0.5, 0.6) is 0 Å². The normalized spacial score (nSPS) is 14.1. The fourth-order valence-electron chi connectivity index (χ4n) is 0.856. The maximum Gasteiger partial charge on any atom is 0.303 e. The predicted octanol–water partition coefficient (Wildman–Crippen LogP) is 1.06. The van der Waals surface area contributed by atoms with Gasteiger partial charge in [0, 0.05) is 13.8 Å². The second-order valence-corrected chi connectivity index (χ2v) is 2.62. The number of hydrogen-bond acceptors (Lipinski definition) is 4. The van der Waals surface area contributed by atoms with E-state index in [-0.39, 0.29) is 0 Å². The maximum absolute atomic E-state index is 10.6. The molecular weight excluding hydrogens is 172 g/mol. The molecule has 0 aromatic heterocycles. The van der Waals surface area contributed by atoms with E-state index in [1.54, 1.807) is 6.92 Å². The zero-order valence-corrected chi connectivity index (χ0v) is 8.07. The minimum absolute atomic E-state index is 0.411. The number of rotatable bonds is 4. The lowest BCUT2D eigenvalue weighted by Crippen LogP contribution is -2.30. The highest BCUT2D eigenvalue weighted by Gasteiger charge is 2.18. The summed E-state index contributed by atoms with van der Waals surface area (Å²) >= 11 is 0. The number of esters is 2. The molecule has 2 atom stereocenters. The molecule has 0 saturated heterocycles. The number of carbonyl (C=O) groups excluding carboxylic acids is 2. The van der Waals surface area contributed by atoms with Gasteiger partial charge in [-0.15, -0.1) is 0 Å². The van der Waals surface area contributed by atoms with Gasteiger partial charge in [0.2, 0.25) is 0 Å². The van der Waals surface area contributed by atoms with Gasteiger partial charge in [-0.2, -0.15) is 0 Å². The van der Waals surface area contributed by atoms with Crippen LogP contribution in [0.15, 0.2) is 12.7 Å². The van der Waals surface area contributed by atoms with Crippen LogP contribution in [0, 0.1) is 0 Å². The molecule has 0 aliphatic rings. The minimum Gasteiger partial charge on any atom is -0.459 e. The second-order valence-electron chi connectivity index (χ2n) is 2.62. The predicted molar refractivity (Wildman–Crippen MR) is 47.0 cm³/mol. The summed E-state index contributed by atoms with van der Waals surface area (Å²) in [6.07, 6.45) is 0.343. The molecule has 0 aliphatic heterocycles. The van der Waals surface area contributed by atoms with Crippen molar-refractivity contribution in [3.05, 3.63) is 12.7 Å². The molecule has 0 unspecified atom stereocenters. The zero-order chi connectivity index (χ0) is 10.4. The van der Waals surface area contributed by atoms with E-state index in [4.69, 9.17) is 9.47 Å². The molecule has 4 heteroatoms. The number of ether oxygens (including phenoxy) is 2. The van der Waals surface area contributed by atoms with Crippen LogP contribution in [0.4, 0.5) is 0 Å². The third kappa shape index (κ3) is 5.00. The van der Waals surface area contributed by atoms with Crippen molar-refractivity contribution in [3.8, 4) is 0 Å². The Bertz CT molecular complexity index is 210. The first-order chi connectivity index (χ1) is 5.97. The Labute approximate surface area is 77.5 Å². The monoisotopic (exact) mass is 186 g/mol. The van der Waals surface area contributed by atoms with Crippen LogP contribution in [0.25, 0.3) is 0 Å². The van der Waals surface area contributed by atoms with Gasteiger partial charge in [0.25, 0.3) is 0 Å². The third-order valence-electron chi connectivity index (χ3n) is 1.35. The fraction of sp³-hybridized carbons (Fsp3) is 0.556. The van der Waals surface area contributed by atoms with Crippen LogP contribution in [-0.2, 0) is 19.1 Å². The van der Waals surface area contributed by atoms with Crippen molar-refractivity contribution >= 4 is 11.9 Å². The van der Waals surface area contributed by atoms with Gasteiger partial charge in [-0.05, 0) is 13.0 Å². The first-order valence-corrected chi connectivity index (χ1v) is 3.94. The lowest BCUT2D eigenvalue weighted by Gasteiger charge is -2.19. The molecule has 0 heterocycles. The van der Waals surface area contributed by atoms with Crippen LogP contribution >= 0.6 is 0 Å². The largest absolute Gasteiger partial charge is 0.459 e. The molecule has 0 N–H and O–H groups in total. The summed E-state index contributed by atoms with van der Waals surface area (Å²) in [5, 5.41) is 0. The Hall–Kier alpha value is -1.32. The molecule has 4 nitrogen and oxygen atoms in total. The summed E-state index contributed by atoms with van der Waals surface area (Å²) in [5.41, 5.74) is 0. The summed E-state index contributed by atoms with van der Waals surface area (Å²) in [4.78, 5) is 21.2. The molecule has 0 aliphatic carbocycles. The zero-order valence-electron chi connectivity index (χ0n) is 8.07. The van der Waals surface area contributed by atoms with Gasteiger partial charge >= 0.3 is 11.9 Å². The van der Waals surface area contributed by atoms with Gasteiger partial charge in [-0.1, -0.05) is 6.58 Å². The van der Waals surface area contributed by atoms with Gasteiger partial charge in [-0.25, -0.2) is 0 Å². The molecule has 0 aromatic carbocycles. The number of carbonyl (C=O) groups is 2. The van der Waals surface area contributed by atoms with Crippen molar-refractivity contribution in [1.82, 2.24) is 0 Å². The van der Waals surface area contributed by atoms with Gasteiger partial charge < -0.3 is 9.47 Å². The lowest BCUT2D eigenvalue weighted by atomic mass is 10.2. The fourth-order valence-corrected chi connectivity index (χ4v) is 0.856. The van der Waals surface area contributed by atoms with E-state index in [0.29, 0.717) is 0 Å². The summed E-state index contributed by atoms with van der Waals surface area (Å²) in [5.74, 6) is -0.838. The van der Waals surface area contributed by atoms with Gasteiger partial charge in [0.1, 0.15) is 6.10 Å². The average molecular weight is 186 g/mol. The molecule has 74 valence electrons. The van der Waals surface area contributed by atoms with E-state index >= 15 is 0 Å². The second kappa shape index (κ2) is 5.35. The molecule has 0 aromatic rings. The standard InChI is InChI=1S/C9H14O4/c1-5-9(13-8(4)11)6(2)12-7(3)10/h5-6,9H,1H2,2-4H3/t6-,9+/m0/s1. The summed E-state index contributed by atoms with van der Waals surface area (Å²) < 4.78 is 9.64. The summed E-state index contributed by atoms with van der Waals surface area (Å²) in [6.45, 7) is 7.69. The lowest BCUT2D eigenvalue weighted by molar-refractivity contribution is -0.160. The Morgan fingerprint density at radius 3 is 2.00 bits per heavy atom. The van der Waals surface area contributed by atoms with Crippen LogP contribution in [0.1, 0.15) is 20.8 Å². The average Bonchev–Trinajstić information content (AvgIpc) is 1.98. The van der Waals surface area contributed by atoms with E-state index in [2.05, 4.69) is 6.58 Å². The van der Waals surface area contributed by atoms with Crippen molar-refractivity contribution in [3.63, 3.8) is 0 Å². The molecule has 13 heavy (non-hydrogen) atoms. The third-order valence-corrected chi connectivity index (χ3v) is 1.35.